The molecule has 0 spiro atoms. The SMILES string of the molecule is O=[N+]([O-])c1c(O)cccc1C(F)(C(F)(F)F)C(F)(F)F. The number of phenolic OH excluding ortho intramolecular Hbond substituents is 1. The Bertz CT molecular complexity index is 523. The molecule has 4 nitrogen and oxygen atoms in total. The maximum atomic E-state index is 13.7. The maximum Gasteiger partial charge on any atom is 0.436 e. The predicted molar refractivity (Wildman–Crippen MR) is 49.7 cm³/mol. The molecule has 0 heterocycles. The summed E-state index contributed by atoms with van der Waals surface area (Å²) in [6, 6.07) is 0.844. The third-order valence-corrected chi connectivity index (χ3v) is 2.35. The highest BCUT2D eigenvalue weighted by molar-refractivity contribution is 5.55. The van der Waals surface area contributed by atoms with Gasteiger partial charge >= 0.3 is 23.7 Å². The minimum atomic E-state index is -6.50. The molecule has 0 atom stereocenters. The van der Waals surface area contributed by atoms with Crippen molar-refractivity contribution >= 4 is 5.69 Å². The van der Waals surface area contributed by atoms with Gasteiger partial charge in [0.05, 0.1) is 10.5 Å². The second kappa shape index (κ2) is 4.49. The van der Waals surface area contributed by atoms with Gasteiger partial charge in [0.25, 0.3) is 0 Å². The summed E-state index contributed by atoms with van der Waals surface area (Å²) in [6.07, 6.45) is -13.0. The normalized spacial score (nSPS) is 13.3. The van der Waals surface area contributed by atoms with E-state index < -0.39 is 39.9 Å². The molecule has 1 aromatic rings. The standard InChI is InChI=1S/C9H4F7NO3/c10-7(8(11,12)13,9(14,15)16)4-2-1-3-5(18)6(4)17(19)20/h1-3,18H. The lowest BCUT2D eigenvalue weighted by Gasteiger charge is -2.29. The number of para-hydroxylation sites is 1. The van der Waals surface area contributed by atoms with Crippen LogP contribution in [0.1, 0.15) is 5.56 Å². The summed E-state index contributed by atoms with van der Waals surface area (Å²) >= 11 is 0. The first kappa shape index (κ1) is 16.0. The molecule has 0 fully saturated rings. The topological polar surface area (TPSA) is 63.4 Å². The highest BCUT2D eigenvalue weighted by Gasteiger charge is 2.75. The quantitative estimate of drug-likeness (QED) is 0.516. The van der Waals surface area contributed by atoms with E-state index in [1.54, 1.807) is 0 Å². The lowest BCUT2D eigenvalue weighted by molar-refractivity contribution is -0.395. The van der Waals surface area contributed by atoms with Gasteiger partial charge in [-0.25, -0.2) is 4.39 Å². The van der Waals surface area contributed by atoms with E-state index in [0.717, 1.165) is 0 Å². The molecule has 0 saturated heterocycles. The molecule has 1 N–H and O–H groups in total. The average Bonchev–Trinajstić information content (AvgIpc) is 2.23. The van der Waals surface area contributed by atoms with Gasteiger partial charge in [-0.15, -0.1) is 0 Å². The van der Waals surface area contributed by atoms with Gasteiger partial charge in [-0.2, -0.15) is 26.3 Å². The van der Waals surface area contributed by atoms with Gasteiger partial charge in [-0.05, 0) is 12.1 Å². The first-order chi connectivity index (χ1) is 8.84. The van der Waals surface area contributed by atoms with Gasteiger partial charge in [-0.3, -0.25) is 10.1 Å². The number of benzene rings is 1. The number of hydrogen-bond acceptors (Lipinski definition) is 3. The fourth-order valence-electron chi connectivity index (χ4n) is 1.47. The molecule has 20 heavy (non-hydrogen) atoms. The number of phenols is 1. The van der Waals surface area contributed by atoms with E-state index in [4.69, 9.17) is 5.11 Å². The average molecular weight is 307 g/mol. The van der Waals surface area contributed by atoms with Crippen LogP contribution >= 0.6 is 0 Å². The Kier molecular flexibility index (Phi) is 3.59. The van der Waals surface area contributed by atoms with Crippen molar-refractivity contribution in [2.75, 3.05) is 0 Å². The number of halogens is 7. The van der Waals surface area contributed by atoms with E-state index in [2.05, 4.69) is 0 Å². The smallest absolute Gasteiger partial charge is 0.436 e. The van der Waals surface area contributed by atoms with E-state index in [1.165, 1.54) is 0 Å². The lowest BCUT2D eigenvalue weighted by atomic mass is 9.92. The molecule has 0 unspecified atom stereocenters. The zero-order chi connectivity index (χ0) is 15.9. The van der Waals surface area contributed by atoms with Crippen molar-refractivity contribution in [3.63, 3.8) is 0 Å². The molecule has 0 saturated carbocycles. The van der Waals surface area contributed by atoms with Gasteiger partial charge < -0.3 is 5.11 Å². The Hall–Kier alpha value is -2.07. The van der Waals surface area contributed by atoms with Crippen LogP contribution in [0.25, 0.3) is 0 Å². The number of nitro groups is 1. The zero-order valence-electron chi connectivity index (χ0n) is 9.09. The van der Waals surface area contributed by atoms with Crippen molar-refractivity contribution in [2.45, 2.75) is 18.0 Å². The first-order valence-electron chi connectivity index (χ1n) is 4.63. The Morgan fingerprint density at radius 3 is 1.80 bits per heavy atom. The van der Waals surface area contributed by atoms with Gasteiger partial charge in [0.1, 0.15) is 0 Å². The van der Waals surface area contributed by atoms with Crippen LogP contribution in [0, 0.1) is 10.1 Å². The van der Waals surface area contributed by atoms with Crippen LogP contribution in [0.3, 0.4) is 0 Å². The fourth-order valence-corrected chi connectivity index (χ4v) is 1.47. The molecule has 0 aliphatic heterocycles. The Morgan fingerprint density at radius 1 is 1.00 bits per heavy atom. The van der Waals surface area contributed by atoms with Crippen molar-refractivity contribution in [2.24, 2.45) is 0 Å². The highest BCUT2D eigenvalue weighted by Crippen LogP contribution is 2.56. The van der Waals surface area contributed by atoms with Gasteiger partial charge in [0.2, 0.25) is 0 Å². The zero-order valence-corrected chi connectivity index (χ0v) is 9.09. The van der Waals surface area contributed by atoms with Crippen LogP contribution in [-0.4, -0.2) is 22.4 Å². The van der Waals surface area contributed by atoms with Crippen molar-refractivity contribution in [1.82, 2.24) is 0 Å². The Morgan fingerprint density at radius 2 is 1.45 bits per heavy atom. The molecule has 0 aliphatic carbocycles. The van der Waals surface area contributed by atoms with E-state index >= 15 is 0 Å². The molecule has 0 aliphatic rings. The summed E-state index contributed by atoms with van der Waals surface area (Å²) < 4.78 is 88.4. The predicted octanol–water partition coefficient (Wildman–Crippen LogP) is 3.59. The number of nitro benzene ring substituents is 1. The van der Waals surface area contributed by atoms with E-state index in [9.17, 15) is 40.8 Å². The van der Waals surface area contributed by atoms with Gasteiger partial charge in [0.15, 0.2) is 5.75 Å². The molecule has 1 rings (SSSR count). The summed E-state index contributed by atoms with van der Waals surface area (Å²) in [5.41, 5.74) is -10.3. The Balaban J connectivity index is 3.78. The fraction of sp³-hybridized carbons (Fsp3) is 0.333. The van der Waals surface area contributed by atoms with E-state index in [1.807, 2.05) is 0 Å². The van der Waals surface area contributed by atoms with Crippen LogP contribution < -0.4 is 0 Å². The van der Waals surface area contributed by atoms with Crippen molar-refractivity contribution in [3.05, 3.63) is 33.9 Å². The molecule has 11 heteroatoms. The molecule has 0 aromatic heterocycles. The van der Waals surface area contributed by atoms with Crippen LogP contribution in [-0.2, 0) is 5.67 Å². The summed E-state index contributed by atoms with van der Waals surface area (Å²) in [4.78, 5) is 8.76. The largest absolute Gasteiger partial charge is 0.502 e. The highest BCUT2D eigenvalue weighted by atomic mass is 19.4. The second-order valence-electron chi connectivity index (χ2n) is 3.58. The molecular weight excluding hydrogens is 303 g/mol. The summed E-state index contributed by atoms with van der Waals surface area (Å²) in [6.45, 7) is 0. The van der Waals surface area contributed by atoms with Crippen molar-refractivity contribution in [1.29, 1.82) is 0 Å². The van der Waals surface area contributed by atoms with Gasteiger partial charge in [-0.1, -0.05) is 6.07 Å². The minimum absolute atomic E-state index is 0.0567. The minimum Gasteiger partial charge on any atom is -0.502 e. The molecule has 0 bridgehead atoms. The monoisotopic (exact) mass is 307 g/mol. The molecular formula is C9H4F7NO3. The summed E-state index contributed by atoms with van der Waals surface area (Å²) in [5, 5.41) is 19.5. The second-order valence-corrected chi connectivity index (χ2v) is 3.58. The van der Waals surface area contributed by atoms with E-state index in [0.29, 0.717) is 12.1 Å². The van der Waals surface area contributed by atoms with Gasteiger partial charge in [0, 0.05) is 0 Å². The van der Waals surface area contributed by atoms with E-state index in [-0.39, 0.29) is 6.07 Å². The van der Waals surface area contributed by atoms with Crippen LogP contribution in [0.2, 0.25) is 0 Å². The first-order valence-corrected chi connectivity index (χ1v) is 4.63. The number of alkyl halides is 7. The summed E-state index contributed by atoms with van der Waals surface area (Å²) in [5.74, 6) is -1.51. The number of aromatic hydroxyl groups is 1. The summed E-state index contributed by atoms with van der Waals surface area (Å²) in [7, 11) is 0. The molecule has 0 radical (unpaired) electrons. The molecule has 112 valence electrons. The van der Waals surface area contributed by atoms with Crippen LogP contribution in [0.4, 0.5) is 36.4 Å². The lowest BCUT2D eigenvalue weighted by Crippen LogP contribution is -2.50. The maximum absolute atomic E-state index is 13.7. The number of hydrogen-bond donors (Lipinski definition) is 1. The number of rotatable bonds is 2. The third-order valence-electron chi connectivity index (χ3n) is 2.35. The van der Waals surface area contributed by atoms with Crippen LogP contribution in [0.5, 0.6) is 5.75 Å². The molecule has 1 aromatic carbocycles. The number of nitrogens with zero attached hydrogens (tertiary/aromatic N) is 1. The van der Waals surface area contributed by atoms with Crippen molar-refractivity contribution < 1.29 is 40.8 Å². The molecule has 0 amide bonds. The van der Waals surface area contributed by atoms with Crippen LogP contribution in [0.15, 0.2) is 18.2 Å². The third kappa shape index (κ3) is 2.23. The Labute approximate surface area is 105 Å². The van der Waals surface area contributed by atoms with Crippen molar-refractivity contribution in [3.8, 4) is 5.75 Å².